The summed E-state index contributed by atoms with van der Waals surface area (Å²) in [6.07, 6.45) is 6.42. The molecule has 44 heavy (non-hydrogen) atoms. The van der Waals surface area contributed by atoms with E-state index in [9.17, 15) is 28.8 Å². The van der Waals surface area contributed by atoms with Crippen LogP contribution in [0, 0.1) is 0 Å². The fourth-order valence-electron chi connectivity index (χ4n) is 3.96. The number of benzene rings is 1. The molecule has 4 amide bonds. The number of hydrogen-bond donors (Lipinski definition) is 3. The summed E-state index contributed by atoms with van der Waals surface area (Å²) < 4.78 is 10.8. The molecule has 1 unspecified atom stereocenters. The van der Waals surface area contributed by atoms with Crippen molar-refractivity contribution in [2.45, 2.75) is 97.6 Å². The zero-order chi connectivity index (χ0) is 33.5. The highest BCUT2D eigenvalue weighted by atomic mass is 16.6. The van der Waals surface area contributed by atoms with Gasteiger partial charge < -0.3 is 35.1 Å². The smallest absolute Gasteiger partial charge is 0.407 e. The lowest BCUT2D eigenvalue weighted by Crippen LogP contribution is -2.39. The Hall–Kier alpha value is -3.96. The number of nitrogens with one attached hydrogen (secondary N) is 3. The maximum atomic E-state index is 13.2. The molecule has 0 saturated heterocycles. The van der Waals surface area contributed by atoms with Crippen molar-refractivity contribution < 1.29 is 38.2 Å². The minimum Gasteiger partial charge on any atom is -0.483 e. The molecule has 248 valence electrons. The Bertz CT molecular complexity index is 1060. The number of ether oxygens (including phenoxy) is 2. The van der Waals surface area contributed by atoms with Crippen LogP contribution in [0.15, 0.2) is 18.2 Å². The minimum absolute atomic E-state index is 0.0451. The van der Waals surface area contributed by atoms with Crippen molar-refractivity contribution in [3.63, 3.8) is 0 Å². The van der Waals surface area contributed by atoms with Gasteiger partial charge in [0.15, 0.2) is 12.9 Å². The van der Waals surface area contributed by atoms with Crippen molar-refractivity contribution in [2.24, 2.45) is 0 Å². The Kier molecular flexibility index (Phi) is 20.5. The fourth-order valence-corrected chi connectivity index (χ4v) is 3.96. The molecule has 0 aliphatic carbocycles. The molecule has 0 heterocycles. The number of carbonyl (C=O) groups is 6. The van der Waals surface area contributed by atoms with E-state index in [0.29, 0.717) is 25.7 Å². The van der Waals surface area contributed by atoms with Gasteiger partial charge in [-0.1, -0.05) is 51.7 Å². The Morgan fingerprint density at radius 2 is 1.50 bits per heavy atom. The van der Waals surface area contributed by atoms with Gasteiger partial charge in [-0.15, -0.1) is 0 Å². The lowest BCUT2D eigenvalue weighted by Gasteiger charge is -2.25. The molecule has 1 rings (SSSR count). The Morgan fingerprint density at radius 1 is 0.909 bits per heavy atom. The molecule has 3 N–H and O–H groups in total. The van der Waals surface area contributed by atoms with Gasteiger partial charge >= 0.3 is 6.09 Å². The maximum absolute atomic E-state index is 13.2. The van der Waals surface area contributed by atoms with Crippen LogP contribution in [0.25, 0.3) is 0 Å². The third kappa shape index (κ3) is 16.6. The van der Waals surface area contributed by atoms with Gasteiger partial charge in [0.1, 0.15) is 17.6 Å². The third-order valence-corrected chi connectivity index (χ3v) is 6.27. The van der Waals surface area contributed by atoms with Crippen LogP contribution in [0.5, 0.6) is 5.75 Å². The van der Waals surface area contributed by atoms with E-state index in [-0.39, 0.29) is 48.1 Å². The second kappa shape index (κ2) is 22.6. The van der Waals surface area contributed by atoms with Gasteiger partial charge in [0.05, 0.1) is 11.6 Å². The molecule has 0 aromatic heterocycles. The summed E-state index contributed by atoms with van der Waals surface area (Å²) in [5.74, 6) is -1.23. The molecule has 12 nitrogen and oxygen atoms in total. The predicted molar refractivity (Wildman–Crippen MR) is 169 cm³/mol. The molecular weight excluding hydrogens is 568 g/mol. The molecule has 0 saturated carbocycles. The zero-order valence-corrected chi connectivity index (χ0v) is 27.5. The molecule has 0 radical (unpaired) electrons. The number of nitrogens with zero attached hydrogens (tertiary/aromatic N) is 1. The van der Waals surface area contributed by atoms with Crippen molar-refractivity contribution in [1.82, 2.24) is 20.9 Å². The van der Waals surface area contributed by atoms with E-state index in [1.54, 1.807) is 0 Å². The largest absolute Gasteiger partial charge is 0.483 e. The second-order valence-electron chi connectivity index (χ2n) is 10.9. The molecular formula is C32H52N4O8. The summed E-state index contributed by atoms with van der Waals surface area (Å²) in [5, 5.41) is 7.98. The minimum atomic E-state index is -0.889. The predicted octanol–water partition coefficient (Wildman–Crippen LogP) is 4.05. The fraction of sp³-hybridized carbons (Fsp3) is 0.625. The average molecular weight is 621 g/mol. The van der Waals surface area contributed by atoms with Crippen LogP contribution in [0.1, 0.15) is 107 Å². The average Bonchev–Trinajstić information content (AvgIpc) is 3.00. The van der Waals surface area contributed by atoms with Gasteiger partial charge in [0.25, 0.3) is 11.8 Å². The quantitative estimate of drug-likeness (QED) is 0.154. The van der Waals surface area contributed by atoms with E-state index in [1.807, 2.05) is 34.6 Å². The number of unbranched alkanes of at least 4 members (excludes halogenated alkanes) is 5. The van der Waals surface area contributed by atoms with Crippen LogP contribution in [-0.2, 0) is 19.1 Å². The van der Waals surface area contributed by atoms with Crippen LogP contribution >= 0.6 is 0 Å². The van der Waals surface area contributed by atoms with E-state index in [4.69, 9.17) is 9.47 Å². The molecule has 1 aromatic rings. The normalized spacial score (nSPS) is 11.2. The summed E-state index contributed by atoms with van der Waals surface area (Å²) in [4.78, 5) is 73.2. The topological polar surface area (TPSA) is 160 Å². The van der Waals surface area contributed by atoms with Gasteiger partial charge in [-0.3, -0.25) is 19.2 Å². The zero-order valence-electron chi connectivity index (χ0n) is 27.5. The summed E-state index contributed by atoms with van der Waals surface area (Å²) in [7, 11) is 2.89. The Balaban J connectivity index is 0.00000904. The van der Waals surface area contributed by atoms with Crippen molar-refractivity contribution in [2.75, 3.05) is 33.8 Å². The number of amides is 4. The number of aldehydes is 2. The number of rotatable bonds is 19. The van der Waals surface area contributed by atoms with Crippen molar-refractivity contribution in [3.05, 3.63) is 29.3 Å². The monoisotopic (exact) mass is 620 g/mol. The lowest BCUT2D eigenvalue weighted by atomic mass is 10.0. The maximum Gasteiger partial charge on any atom is 0.407 e. The molecule has 0 fully saturated rings. The van der Waals surface area contributed by atoms with Crippen molar-refractivity contribution in [1.29, 1.82) is 0 Å². The van der Waals surface area contributed by atoms with E-state index in [0.717, 1.165) is 43.4 Å². The summed E-state index contributed by atoms with van der Waals surface area (Å²) in [6.45, 7) is 10.1. The molecule has 0 aliphatic rings. The number of alkyl carbamates (subject to hydrolysis) is 1. The second-order valence-corrected chi connectivity index (χ2v) is 10.9. The first kappa shape index (κ1) is 40.0. The van der Waals surface area contributed by atoms with Crippen LogP contribution in [0.2, 0.25) is 0 Å². The molecule has 0 aliphatic heterocycles. The van der Waals surface area contributed by atoms with Crippen LogP contribution < -0.4 is 20.7 Å². The van der Waals surface area contributed by atoms with Crippen molar-refractivity contribution >= 4 is 36.4 Å². The van der Waals surface area contributed by atoms with Crippen LogP contribution in [-0.4, -0.2) is 86.7 Å². The lowest BCUT2D eigenvalue weighted by molar-refractivity contribution is -0.123. The first-order valence-electron chi connectivity index (χ1n) is 15.3. The highest BCUT2D eigenvalue weighted by Gasteiger charge is 2.26. The van der Waals surface area contributed by atoms with Crippen LogP contribution in [0.4, 0.5) is 4.79 Å². The summed E-state index contributed by atoms with van der Waals surface area (Å²) in [6, 6.07) is 3.56. The molecule has 1 atom stereocenters. The Morgan fingerprint density at radius 3 is 2.05 bits per heavy atom. The van der Waals surface area contributed by atoms with Gasteiger partial charge in [0, 0.05) is 39.2 Å². The van der Waals surface area contributed by atoms with Gasteiger partial charge in [-0.05, 0) is 46.1 Å². The van der Waals surface area contributed by atoms with E-state index in [2.05, 4.69) is 16.0 Å². The van der Waals surface area contributed by atoms with Crippen molar-refractivity contribution in [3.8, 4) is 5.75 Å². The van der Waals surface area contributed by atoms with E-state index >= 15 is 0 Å². The summed E-state index contributed by atoms with van der Waals surface area (Å²) in [5.41, 5.74) is -0.512. The molecule has 0 spiro atoms. The molecule has 0 bridgehead atoms. The first-order chi connectivity index (χ1) is 20.9. The van der Waals surface area contributed by atoms with Gasteiger partial charge in [-0.2, -0.15) is 0 Å². The Labute approximate surface area is 262 Å². The number of likely N-dealkylation sites (N-methyl/N-ethyl adjacent to an activating group) is 1. The SMILES string of the molecule is CC.CNC(=O)CCC(C=O)N(C)C(=O)c1c(C=O)cccc1OCC(=O)NCCCCCCCCNC(=O)OC(C)(C)C. The van der Waals surface area contributed by atoms with Gasteiger partial charge in [0.2, 0.25) is 5.91 Å². The highest BCUT2D eigenvalue weighted by molar-refractivity contribution is 6.04. The molecule has 1 aromatic carbocycles. The number of carbonyl (C=O) groups excluding carboxylic acids is 6. The third-order valence-electron chi connectivity index (χ3n) is 6.27. The highest BCUT2D eigenvalue weighted by Crippen LogP contribution is 2.24. The number of hydrogen-bond acceptors (Lipinski definition) is 8. The van der Waals surface area contributed by atoms with Gasteiger partial charge in [-0.25, -0.2) is 4.79 Å². The van der Waals surface area contributed by atoms with E-state index in [1.165, 1.54) is 32.3 Å². The summed E-state index contributed by atoms with van der Waals surface area (Å²) >= 11 is 0. The van der Waals surface area contributed by atoms with Crippen LogP contribution in [0.3, 0.4) is 0 Å². The molecule has 12 heteroatoms. The van der Waals surface area contributed by atoms with E-state index < -0.39 is 23.6 Å². The first-order valence-corrected chi connectivity index (χ1v) is 15.3. The standard InChI is InChI=1S/C30H46N4O8.C2H6/c1-30(2,3)42-29(40)33-18-11-9-7-6-8-10-17-32-26(38)21-41-24-14-12-13-22(19-35)27(24)28(39)34(5)23(20-36)15-16-25(37)31-4;1-2/h12-14,19-20,23H,6-11,15-18,21H2,1-5H3,(H,31,37)(H,32,38)(H,33,40);1-2H3.